The summed E-state index contributed by atoms with van der Waals surface area (Å²) in [6.45, 7) is 2.53. The summed E-state index contributed by atoms with van der Waals surface area (Å²) in [6.07, 6.45) is 1.88. The second-order valence-corrected chi connectivity index (χ2v) is 7.91. The summed E-state index contributed by atoms with van der Waals surface area (Å²) in [5.41, 5.74) is 4.75. The molecule has 0 radical (unpaired) electrons. The smallest absolute Gasteiger partial charge is 0.134 e. The standard InChI is InChI=1S/C23H17Br2NO/c1-16-2-7-19(8-3-16)20(14-26)12-18-6-11-23(22(25)13-18)27-15-17-4-9-21(24)10-5-17/h2-13H,15H2,1H3/b20-12-. The molecule has 2 nitrogen and oxygen atoms in total. The number of nitriles is 1. The molecule has 0 aliphatic carbocycles. The van der Waals surface area contributed by atoms with Crippen LogP contribution in [0.5, 0.6) is 5.75 Å². The van der Waals surface area contributed by atoms with Crippen molar-refractivity contribution >= 4 is 43.5 Å². The molecule has 0 aromatic heterocycles. The fraction of sp³-hybridized carbons (Fsp3) is 0.0870. The van der Waals surface area contributed by atoms with Crippen molar-refractivity contribution in [3.8, 4) is 11.8 Å². The lowest BCUT2D eigenvalue weighted by Crippen LogP contribution is -1.96. The van der Waals surface area contributed by atoms with E-state index in [9.17, 15) is 5.26 Å². The Bertz CT molecular complexity index is 1000. The van der Waals surface area contributed by atoms with Gasteiger partial charge in [0.25, 0.3) is 0 Å². The van der Waals surface area contributed by atoms with E-state index in [-0.39, 0.29) is 0 Å². The van der Waals surface area contributed by atoms with Crippen LogP contribution in [0.3, 0.4) is 0 Å². The van der Waals surface area contributed by atoms with E-state index in [1.165, 1.54) is 5.56 Å². The number of rotatable bonds is 5. The van der Waals surface area contributed by atoms with Crippen LogP contribution in [-0.4, -0.2) is 0 Å². The van der Waals surface area contributed by atoms with Crippen molar-refractivity contribution in [3.05, 3.63) is 97.9 Å². The Morgan fingerprint density at radius 1 is 1.00 bits per heavy atom. The topological polar surface area (TPSA) is 33.0 Å². The Morgan fingerprint density at radius 2 is 1.70 bits per heavy atom. The van der Waals surface area contributed by atoms with Gasteiger partial charge in [-0.15, -0.1) is 0 Å². The molecule has 0 fully saturated rings. The molecule has 0 bridgehead atoms. The normalized spacial score (nSPS) is 11.1. The fourth-order valence-corrected chi connectivity index (χ4v) is 3.32. The van der Waals surface area contributed by atoms with Gasteiger partial charge in [0.2, 0.25) is 0 Å². The second-order valence-electron chi connectivity index (χ2n) is 6.14. The van der Waals surface area contributed by atoms with Crippen molar-refractivity contribution in [1.82, 2.24) is 0 Å². The van der Waals surface area contributed by atoms with Crippen LogP contribution in [-0.2, 0) is 6.61 Å². The van der Waals surface area contributed by atoms with Crippen molar-refractivity contribution in [2.45, 2.75) is 13.5 Å². The van der Waals surface area contributed by atoms with Crippen LogP contribution < -0.4 is 4.74 Å². The van der Waals surface area contributed by atoms with Gasteiger partial charge < -0.3 is 4.74 Å². The largest absolute Gasteiger partial charge is 0.488 e. The summed E-state index contributed by atoms with van der Waals surface area (Å²) in [7, 11) is 0. The monoisotopic (exact) mass is 481 g/mol. The van der Waals surface area contributed by atoms with E-state index < -0.39 is 0 Å². The first-order chi connectivity index (χ1) is 13.0. The van der Waals surface area contributed by atoms with Crippen molar-refractivity contribution in [2.24, 2.45) is 0 Å². The lowest BCUT2D eigenvalue weighted by molar-refractivity contribution is 0.304. The van der Waals surface area contributed by atoms with Gasteiger partial charge in [0, 0.05) is 4.47 Å². The first-order valence-corrected chi connectivity index (χ1v) is 9.99. The molecule has 0 aliphatic heterocycles. The highest BCUT2D eigenvalue weighted by Gasteiger charge is 2.05. The molecule has 0 aliphatic rings. The van der Waals surface area contributed by atoms with Crippen molar-refractivity contribution in [2.75, 3.05) is 0 Å². The molecule has 0 saturated heterocycles. The molecule has 27 heavy (non-hydrogen) atoms. The van der Waals surface area contributed by atoms with Gasteiger partial charge in [-0.3, -0.25) is 0 Å². The van der Waals surface area contributed by atoms with Gasteiger partial charge in [0.1, 0.15) is 12.4 Å². The van der Waals surface area contributed by atoms with Crippen molar-refractivity contribution in [3.63, 3.8) is 0 Å². The van der Waals surface area contributed by atoms with Gasteiger partial charge in [-0.25, -0.2) is 0 Å². The Kier molecular flexibility index (Phi) is 6.49. The molecule has 134 valence electrons. The van der Waals surface area contributed by atoms with E-state index in [4.69, 9.17) is 4.74 Å². The molecule has 3 rings (SSSR count). The third-order valence-corrected chi connectivity index (χ3v) is 5.21. The number of aryl methyl sites for hydroxylation is 1. The van der Waals surface area contributed by atoms with Crippen molar-refractivity contribution in [1.29, 1.82) is 5.26 Å². The van der Waals surface area contributed by atoms with Gasteiger partial charge >= 0.3 is 0 Å². The van der Waals surface area contributed by atoms with Crippen LogP contribution in [0.25, 0.3) is 11.6 Å². The molecule has 0 unspecified atom stereocenters. The Balaban J connectivity index is 1.76. The quantitative estimate of drug-likeness (QED) is 0.285. The maximum absolute atomic E-state index is 9.51. The van der Waals surface area contributed by atoms with E-state index in [0.717, 1.165) is 31.4 Å². The van der Waals surface area contributed by atoms with Gasteiger partial charge in [-0.05, 0) is 69.9 Å². The summed E-state index contributed by atoms with van der Waals surface area (Å²) in [5.74, 6) is 0.768. The molecular weight excluding hydrogens is 466 g/mol. The minimum atomic E-state index is 0.494. The van der Waals surface area contributed by atoms with Crippen LogP contribution in [0.4, 0.5) is 0 Å². The number of hydrogen-bond acceptors (Lipinski definition) is 2. The summed E-state index contributed by atoms with van der Waals surface area (Å²) in [6, 6.07) is 24.1. The predicted octanol–water partition coefficient (Wildman–Crippen LogP) is 7.16. The maximum atomic E-state index is 9.51. The van der Waals surface area contributed by atoms with E-state index in [0.29, 0.717) is 12.2 Å². The van der Waals surface area contributed by atoms with Gasteiger partial charge in [0.05, 0.1) is 16.1 Å². The molecule has 0 spiro atoms. The number of nitrogens with zero attached hydrogens (tertiary/aromatic N) is 1. The van der Waals surface area contributed by atoms with Crippen LogP contribution in [0.1, 0.15) is 22.3 Å². The number of allylic oxidation sites excluding steroid dienone is 1. The Morgan fingerprint density at radius 3 is 2.33 bits per heavy atom. The zero-order chi connectivity index (χ0) is 19.2. The zero-order valence-electron chi connectivity index (χ0n) is 14.7. The lowest BCUT2D eigenvalue weighted by atomic mass is 10.0. The first-order valence-electron chi connectivity index (χ1n) is 8.41. The minimum Gasteiger partial charge on any atom is -0.488 e. The highest BCUT2D eigenvalue weighted by atomic mass is 79.9. The molecule has 0 heterocycles. The average molecular weight is 483 g/mol. The SMILES string of the molecule is Cc1ccc(/C(C#N)=C\c2ccc(OCc3ccc(Br)cc3)c(Br)c2)cc1. The number of benzene rings is 3. The summed E-state index contributed by atoms with van der Waals surface area (Å²) >= 11 is 7.00. The molecule has 0 amide bonds. The molecule has 0 saturated carbocycles. The molecule has 3 aromatic carbocycles. The Hall–Kier alpha value is -2.35. The summed E-state index contributed by atoms with van der Waals surface area (Å²) in [5, 5.41) is 9.51. The Labute approximate surface area is 176 Å². The van der Waals surface area contributed by atoms with E-state index in [2.05, 4.69) is 37.9 Å². The van der Waals surface area contributed by atoms with Crippen molar-refractivity contribution < 1.29 is 4.74 Å². The molecule has 0 N–H and O–H groups in total. The molecule has 4 heteroatoms. The van der Waals surface area contributed by atoms with Crippen LogP contribution in [0.2, 0.25) is 0 Å². The third kappa shape index (κ3) is 5.32. The van der Waals surface area contributed by atoms with E-state index >= 15 is 0 Å². The third-order valence-electron chi connectivity index (χ3n) is 4.06. The second kappa shape index (κ2) is 9.03. The highest BCUT2D eigenvalue weighted by molar-refractivity contribution is 9.10. The number of halogens is 2. The average Bonchev–Trinajstić information content (AvgIpc) is 2.67. The van der Waals surface area contributed by atoms with Crippen LogP contribution in [0, 0.1) is 18.3 Å². The molecule has 0 atom stereocenters. The van der Waals surface area contributed by atoms with E-state index in [1.807, 2.05) is 79.7 Å². The van der Waals surface area contributed by atoms with Gasteiger partial charge in [-0.2, -0.15) is 5.26 Å². The van der Waals surface area contributed by atoms with Gasteiger partial charge in [0.15, 0.2) is 0 Å². The zero-order valence-corrected chi connectivity index (χ0v) is 17.9. The van der Waals surface area contributed by atoms with E-state index in [1.54, 1.807) is 0 Å². The first kappa shape index (κ1) is 19.4. The van der Waals surface area contributed by atoms with Gasteiger partial charge in [-0.1, -0.05) is 64.0 Å². The highest BCUT2D eigenvalue weighted by Crippen LogP contribution is 2.29. The summed E-state index contributed by atoms with van der Waals surface area (Å²) in [4.78, 5) is 0. The predicted molar refractivity (Wildman–Crippen MR) is 117 cm³/mol. The fourth-order valence-electron chi connectivity index (χ4n) is 2.55. The lowest BCUT2D eigenvalue weighted by Gasteiger charge is -2.09. The van der Waals surface area contributed by atoms with Crippen LogP contribution in [0.15, 0.2) is 75.7 Å². The number of hydrogen-bond donors (Lipinski definition) is 0. The van der Waals surface area contributed by atoms with Crippen LogP contribution >= 0.6 is 31.9 Å². The molecule has 3 aromatic rings. The minimum absolute atomic E-state index is 0.494. The molecular formula is C23H17Br2NO. The number of ether oxygens (including phenoxy) is 1. The maximum Gasteiger partial charge on any atom is 0.134 e. The summed E-state index contributed by atoms with van der Waals surface area (Å²) < 4.78 is 7.80.